The van der Waals surface area contributed by atoms with Crippen LogP contribution in [0.15, 0.2) is 66.7 Å². The molecule has 9 heteroatoms. The molecule has 0 spiro atoms. The van der Waals surface area contributed by atoms with E-state index in [0.717, 1.165) is 53.5 Å². The summed E-state index contributed by atoms with van der Waals surface area (Å²) >= 11 is 1.60. The molecule has 4 aromatic rings. The number of aromatic nitrogens is 1. The largest absolute Gasteiger partial charge is 0.321 e. The van der Waals surface area contributed by atoms with Gasteiger partial charge in [0.1, 0.15) is 5.01 Å². The Morgan fingerprint density at radius 2 is 1.85 bits per heavy atom. The van der Waals surface area contributed by atoms with Gasteiger partial charge in [0.25, 0.3) is 11.6 Å². The second-order valence-electron chi connectivity index (χ2n) is 8.15. The van der Waals surface area contributed by atoms with Crippen LogP contribution in [0.4, 0.5) is 11.4 Å². The van der Waals surface area contributed by atoms with Gasteiger partial charge in [-0.3, -0.25) is 19.8 Å². The SMILES string of the molecule is O=C(Nc1ccccc1-c1nc2ccc(CN3CCNCC3)cc2s1)c1ccc([N+](=O)[O-])cc1. The molecule has 1 aromatic heterocycles. The summed E-state index contributed by atoms with van der Waals surface area (Å²) in [5.74, 6) is -0.332. The van der Waals surface area contributed by atoms with Crippen molar-refractivity contribution in [1.82, 2.24) is 15.2 Å². The van der Waals surface area contributed by atoms with Gasteiger partial charge in [0, 0.05) is 56.0 Å². The van der Waals surface area contributed by atoms with Gasteiger partial charge in [-0.2, -0.15) is 0 Å². The zero-order valence-corrected chi connectivity index (χ0v) is 19.2. The van der Waals surface area contributed by atoms with Gasteiger partial charge in [-0.05, 0) is 42.0 Å². The van der Waals surface area contributed by atoms with Crippen LogP contribution in [0.1, 0.15) is 15.9 Å². The average Bonchev–Trinajstić information content (AvgIpc) is 3.28. The Hall–Kier alpha value is -3.66. The molecule has 2 N–H and O–H groups in total. The van der Waals surface area contributed by atoms with Crippen molar-refractivity contribution in [2.75, 3.05) is 31.5 Å². The molecule has 0 bridgehead atoms. The fraction of sp³-hybridized carbons (Fsp3) is 0.200. The number of carbonyl (C=O) groups excluding carboxylic acids is 1. The Kier molecular flexibility index (Phi) is 6.31. The Morgan fingerprint density at radius 3 is 2.62 bits per heavy atom. The molecule has 1 fully saturated rings. The number of amides is 1. The predicted octanol–water partition coefficient (Wildman–Crippen LogP) is 4.53. The van der Waals surface area contributed by atoms with Gasteiger partial charge in [-0.15, -0.1) is 11.3 Å². The first-order chi connectivity index (χ1) is 16.6. The van der Waals surface area contributed by atoms with E-state index in [2.05, 4.69) is 33.7 Å². The number of rotatable bonds is 6. The standard InChI is InChI=1S/C25H23N5O3S/c31-24(18-6-8-19(9-7-18)30(32)33)27-21-4-2-1-3-20(21)25-28-22-10-5-17(15-23(22)34-25)16-29-13-11-26-12-14-29/h1-10,15,26H,11-14,16H2,(H,27,31). The molecule has 1 aliphatic heterocycles. The number of piperazine rings is 1. The van der Waals surface area contributed by atoms with Crippen LogP contribution in [0.5, 0.6) is 0 Å². The van der Waals surface area contributed by atoms with E-state index in [1.54, 1.807) is 11.3 Å². The highest BCUT2D eigenvalue weighted by molar-refractivity contribution is 7.21. The lowest BCUT2D eigenvalue weighted by Crippen LogP contribution is -2.42. The number of para-hydroxylation sites is 1. The molecule has 0 unspecified atom stereocenters. The molecule has 34 heavy (non-hydrogen) atoms. The van der Waals surface area contributed by atoms with Gasteiger partial charge < -0.3 is 10.6 Å². The Bertz CT molecular complexity index is 1350. The minimum absolute atomic E-state index is 0.0530. The lowest BCUT2D eigenvalue weighted by Gasteiger charge is -2.27. The van der Waals surface area contributed by atoms with Crippen LogP contribution in [0.25, 0.3) is 20.8 Å². The molecule has 5 rings (SSSR count). The molecule has 172 valence electrons. The molecular formula is C25H23N5O3S. The summed E-state index contributed by atoms with van der Waals surface area (Å²) in [6.45, 7) is 5.07. The van der Waals surface area contributed by atoms with Crippen LogP contribution in [0.2, 0.25) is 0 Å². The van der Waals surface area contributed by atoms with Gasteiger partial charge in [0.05, 0.1) is 20.8 Å². The number of benzene rings is 3. The number of non-ortho nitro benzene ring substituents is 1. The van der Waals surface area contributed by atoms with Crippen LogP contribution >= 0.6 is 11.3 Å². The third-order valence-electron chi connectivity index (χ3n) is 5.81. The second-order valence-corrected chi connectivity index (χ2v) is 9.18. The predicted molar refractivity (Wildman–Crippen MR) is 134 cm³/mol. The lowest BCUT2D eigenvalue weighted by molar-refractivity contribution is -0.384. The zero-order valence-electron chi connectivity index (χ0n) is 18.4. The smallest absolute Gasteiger partial charge is 0.269 e. The summed E-state index contributed by atoms with van der Waals surface area (Å²) in [6, 6.07) is 19.5. The minimum atomic E-state index is -0.487. The summed E-state index contributed by atoms with van der Waals surface area (Å²) in [6.07, 6.45) is 0. The summed E-state index contributed by atoms with van der Waals surface area (Å²) in [4.78, 5) is 30.4. The first kappa shape index (κ1) is 22.1. The Labute approximate surface area is 200 Å². The van der Waals surface area contributed by atoms with Crippen molar-refractivity contribution in [3.05, 3.63) is 88.0 Å². The molecule has 1 saturated heterocycles. The number of hydrogen-bond acceptors (Lipinski definition) is 7. The highest BCUT2D eigenvalue weighted by atomic mass is 32.1. The topological polar surface area (TPSA) is 100 Å². The van der Waals surface area contributed by atoms with E-state index < -0.39 is 4.92 Å². The minimum Gasteiger partial charge on any atom is -0.321 e. The van der Waals surface area contributed by atoms with Crippen molar-refractivity contribution in [3.63, 3.8) is 0 Å². The second kappa shape index (κ2) is 9.68. The van der Waals surface area contributed by atoms with Crippen LogP contribution in [0, 0.1) is 10.1 Å². The summed E-state index contributed by atoms with van der Waals surface area (Å²) in [5, 5.41) is 18.0. The maximum Gasteiger partial charge on any atom is 0.269 e. The normalized spacial score (nSPS) is 14.2. The van der Waals surface area contributed by atoms with Gasteiger partial charge in [-0.1, -0.05) is 18.2 Å². The van der Waals surface area contributed by atoms with Crippen molar-refractivity contribution >= 4 is 38.8 Å². The number of nitrogens with zero attached hydrogens (tertiary/aromatic N) is 3. The van der Waals surface area contributed by atoms with Gasteiger partial charge in [0.2, 0.25) is 0 Å². The number of carbonyl (C=O) groups is 1. The van der Waals surface area contributed by atoms with Crippen molar-refractivity contribution in [3.8, 4) is 10.6 Å². The molecule has 0 saturated carbocycles. The summed E-state index contributed by atoms with van der Waals surface area (Å²) in [5.41, 5.74) is 3.98. The zero-order chi connectivity index (χ0) is 23.5. The molecule has 2 heterocycles. The van der Waals surface area contributed by atoms with Gasteiger partial charge >= 0.3 is 0 Å². The van der Waals surface area contributed by atoms with E-state index in [-0.39, 0.29) is 11.6 Å². The fourth-order valence-electron chi connectivity index (χ4n) is 4.02. The van der Waals surface area contributed by atoms with E-state index in [1.807, 2.05) is 24.3 Å². The first-order valence-corrected chi connectivity index (χ1v) is 11.9. The molecule has 0 aliphatic carbocycles. The van der Waals surface area contributed by atoms with Crippen LogP contribution in [-0.2, 0) is 6.54 Å². The number of nitrogens with one attached hydrogen (secondary N) is 2. The third kappa shape index (κ3) is 4.81. The monoisotopic (exact) mass is 473 g/mol. The van der Waals surface area contributed by atoms with Crippen molar-refractivity contribution in [1.29, 1.82) is 0 Å². The molecule has 3 aromatic carbocycles. The number of fused-ring (bicyclic) bond motifs is 1. The van der Waals surface area contributed by atoms with Crippen molar-refractivity contribution in [2.45, 2.75) is 6.54 Å². The summed E-state index contributed by atoms with van der Waals surface area (Å²) < 4.78 is 1.11. The first-order valence-electron chi connectivity index (χ1n) is 11.0. The molecular weight excluding hydrogens is 450 g/mol. The van der Waals surface area contributed by atoms with Gasteiger partial charge in [0.15, 0.2) is 0 Å². The fourth-order valence-corrected chi connectivity index (χ4v) is 5.09. The van der Waals surface area contributed by atoms with Crippen molar-refractivity contribution in [2.24, 2.45) is 0 Å². The molecule has 1 aliphatic rings. The van der Waals surface area contributed by atoms with Gasteiger partial charge in [-0.25, -0.2) is 4.98 Å². The maximum atomic E-state index is 12.8. The molecule has 8 nitrogen and oxygen atoms in total. The Balaban J connectivity index is 1.38. The third-order valence-corrected chi connectivity index (χ3v) is 6.87. The molecule has 1 amide bonds. The number of hydrogen-bond donors (Lipinski definition) is 2. The number of nitro benzene ring substituents is 1. The quantitative estimate of drug-likeness (QED) is 0.315. The highest BCUT2D eigenvalue weighted by Gasteiger charge is 2.16. The number of anilines is 1. The van der Waals surface area contributed by atoms with E-state index in [0.29, 0.717) is 11.3 Å². The van der Waals surface area contributed by atoms with E-state index in [1.165, 1.54) is 29.8 Å². The molecule has 0 atom stereocenters. The van der Waals surface area contributed by atoms with Crippen molar-refractivity contribution < 1.29 is 9.72 Å². The maximum absolute atomic E-state index is 12.8. The van der Waals surface area contributed by atoms with Crippen LogP contribution in [0.3, 0.4) is 0 Å². The van der Waals surface area contributed by atoms with Crippen LogP contribution < -0.4 is 10.6 Å². The number of thiazole rings is 1. The van der Waals surface area contributed by atoms with Crippen LogP contribution in [-0.4, -0.2) is 46.9 Å². The van der Waals surface area contributed by atoms with E-state index in [9.17, 15) is 14.9 Å². The van der Waals surface area contributed by atoms with E-state index in [4.69, 9.17) is 4.98 Å². The highest BCUT2D eigenvalue weighted by Crippen LogP contribution is 2.35. The van der Waals surface area contributed by atoms with E-state index >= 15 is 0 Å². The molecule has 0 radical (unpaired) electrons. The number of nitro groups is 1. The lowest BCUT2D eigenvalue weighted by atomic mass is 10.1. The average molecular weight is 474 g/mol. The Morgan fingerprint density at radius 1 is 1.09 bits per heavy atom. The summed E-state index contributed by atoms with van der Waals surface area (Å²) in [7, 11) is 0.